The molecular weight excluding hydrogens is 244 g/mol. The molecule has 5 heteroatoms. The molecule has 5 nitrogen and oxygen atoms in total. The molecule has 3 atom stereocenters. The molecule has 2 saturated carbocycles. The molecule has 0 aromatic carbocycles. The minimum atomic E-state index is -0.164. The van der Waals surface area contributed by atoms with Crippen LogP contribution in [-0.4, -0.2) is 30.7 Å². The van der Waals surface area contributed by atoms with Crippen LogP contribution in [-0.2, 0) is 14.4 Å². The third kappa shape index (κ3) is 3.33. The van der Waals surface area contributed by atoms with E-state index < -0.39 is 0 Å². The van der Waals surface area contributed by atoms with E-state index in [1.54, 1.807) is 0 Å². The number of fused-ring (bicyclic) bond motifs is 2. The molecule has 2 aliphatic carbocycles. The van der Waals surface area contributed by atoms with Gasteiger partial charge in [-0.2, -0.15) is 0 Å². The van der Waals surface area contributed by atoms with E-state index in [-0.39, 0.29) is 36.1 Å². The first-order valence-electron chi connectivity index (χ1n) is 7.20. The quantitative estimate of drug-likeness (QED) is 0.784. The van der Waals surface area contributed by atoms with Gasteiger partial charge in [-0.05, 0) is 32.6 Å². The molecule has 2 amide bonds. The largest absolute Gasteiger partial charge is 0.355 e. The summed E-state index contributed by atoms with van der Waals surface area (Å²) in [5.41, 5.74) is 0. The fraction of sp³-hybridized carbons (Fsp3) is 0.786. The highest BCUT2D eigenvalue weighted by atomic mass is 16.2. The van der Waals surface area contributed by atoms with Crippen LogP contribution in [0.5, 0.6) is 0 Å². The highest BCUT2D eigenvalue weighted by Gasteiger charge is 2.41. The average molecular weight is 266 g/mol. The van der Waals surface area contributed by atoms with Crippen LogP contribution in [0.4, 0.5) is 0 Å². The van der Waals surface area contributed by atoms with Crippen molar-refractivity contribution in [2.75, 3.05) is 13.1 Å². The monoisotopic (exact) mass is 266 g/mol. The van der Waals surface area contributed by atoms with E-state index in [0.717, 1.165) is 19.3 Å². The van der Waals surface area contributed by atoms with E-state index in [2.05, 4.69) is 10.6 Å². The standard InChI is InChI=1S/C14H22N2O3/c1-2-15-12(17)8-16-14(19)11-6-9-4-3-5-10(7-11)13(9)18/h9-11H,2-8H2,1H3,(H,15,17)(H,16,19)/t9-,10+,11?. The van der Waals surface area contributed by atoms with Crippen molar-refractivity contribution in [1.82, 2.24) is 10.6 Å². The van der Waals surface area contributed by atoms with Gasteiger partial charge >= 0.3 is 0 Å². The third-order valence-corrected chi connectivity index (χ3v) is 4.22. The Morgan fingerprint density at radius 2 is 1.79 bits per heavy atom. The molecule has 0 aromatic heterocycles. The molecular formula is C14H22N2O3. The summed E-state index contributed by atoms with van der Waals surface area (Å²) in [5, 5.41) is 5.32. The predicted molar refractivity (Wildman–Crippen MR) is 70.3 cm³/mol. The summed E-state index contributed by atoms with van der Waals surface area (Å²) in [6, 6.07) is 0. The van der Waals surface area contributed by atoms with E-state index in [1.165, 1.54) is 0 Å². The van der Waals surface area contributed by atoms with E-state index in [1.807, 2.05) is 6.92 Å². The lowest BCUT2D eigenvalue weighted by Gasteiger charge is -2.36. The third-order valence-electron chi connectivity index (χ3n) is 4.22. The van der Waals surface area contributed by atoms with E-state index >= 15 is 0 Å². The number of likely N-dealkylation sites (N-methyl/N-ethyl adjacent to an activating group) is 1. The van der Waals surface area contributed by atoms with Crippen LogP contribution >= 0.6 is 0 Å². The molecule has 0 saturated heterocycles. The first-order chi connectivity index (χ1) is 9.11. The minimum Gasteiger partial charge on any atom is -0.355 e. The summed E-state index contributed by atoms with van der Waals surface area (Å²) >= 11 is 0. The van der Waals surface area contributed by atoms with Gasteiger partial charge in [0.2, 0.25) is 11.8 Å². The second-order valence-corrected chi connectivity index (χ2v) is 5.57. The Labute approximate surface area is 113 Å². The first kappa shape index (κ1) is 14.0. The zero-order valence-electron chi connectivity index (χ0n) is 11.4. The van der Waals surface area contributed by atoms with E-state index in [9.17, 15) is 14.4 Å². The SMILES string of the molecule is CCNC(=O)CNC(=O)C1C[C@H]2CCC[C@@H](C1)C2=O. The van der Waals surface area contributed by atoms with Gasteiger partial charge in [-0.3, -0.25) is 14.4 Å². The maximum absolute atomic E-state index is 12.0. The first-order valence-corrected chi connectivity index (χ1v) is 7.20. The Bertz CT molecular complexity index is 365. The van der Waals surface area contributed by atoms with Gasteiger partial charge in [-0.1, -0.05) is 6.42 Å². The number of carbonyl (C=O) groups excluding carboxylic acids is 3. The lowest BCUT2D eigenvalue weighted by molar-refractivity contribution is -0.138. The molecule has 2 aliphatic rings. The highest BCUT2D eigenvalue weighted by Crippen LogP contribution is 2.39. The molecule has 2 bridgehead atoms. The maximum atomic E-state index is 12.0. The summed E-state index contributed by atoms with van der Waals surface area (Å²) in [7, 11) is 0. The predicted octanol–water partition coefficient (Wildman–Crippen LogP) is 0.634. The van der Waals surface area contributed by atoms with Crippen molar-refractivity contribution in [3.8, 4) is 0 Å². The van der Waals surface area contributed by atoms with Crippen LogP contribution < -0.4 is 10.6 Å². The van der Waals surface area contributed by atoms with Gasteiger partial charge in [-0.15, -0.1) is 0 Å². The van der Waals surface area contributed by atoms with Crippen molar-refractivity contribution in [2.45, 2.75) is 39.0 Å². The average Bonchev–Trinajstić information content (AvgIpc) is 2.36. The fourth-order valence-corrected chi connectivity index (χ4v) is 3.27. The van der Waals surface area contributed by atoms with Gasteiger partial charge < -0.3 is 10.6 Å². The summed E-state index contributed by atoms with van der Waals surface area (Å²) in [6.45, 7) is 2.44. The van der Waals surface area contributed by atoms with Crippen molar-refractivity contribution >= 4 is 17.6 Å². The van der Waals surface area contributed by atoms with Gasteiger partial charge in [-0.25, -0.2) is 0 Å². The summed E-state index contributed by atoms with van der Waals surface area (Å²) < 4.78 is 0. The summed E-state index contributed by atoms with van der Waals surface area (Å²) in [4.78, 5) is 35.3. The Morgan fingerprint density at radius 1 is 1.16 bits per heavy atom. The van der Waals surface area contributed by atoms with Gasteiger partial charge in [0.1, 0.15) is 5.78 Å². The molecule has 2 fully saturated rings. The Balaban J connectivity index is 1.83. The van der Waals surface area contributed by atoms with Gasteiger partial charge in [0.05, 0.1) is 6.54 Å². The maximum Gasteiger partial charge on any atom is 0.239 e. The number of Topliss-reactive ketones (excluding diaryl/α,β-unsaturated/α-hetero) is 1. The van der Waals surface area contributed by atoms with Crippen LogP contribution in [0.2, 0.25) is 0 Å². The van der Waals surface area contributed by atoms with Gasteiger partial charge in [0, 0.05) is 24.3 Å². The van der Waals surface area contributed by atoms with E-state index in [4.69, 9.17) is 0 Å². The summed E-state index contributed by atoms with van der Waals surface area (Å²) in [5.74, 6) is 0.181. The number of ketones is 1. The van der Waals surface area contributed by atoms with Gasteiger partial charge in [0.25, 0.3) is 0 Å². The Morgan fingerprint density at radius 3 is 2.37 bits per heavy atom. The van der Waals surface area contributed by atoms with Crippen molar-refractivity contribution in [3.63, 3.8) is 0 Å². The lowest BCUT2D eigenvalue weighted by atomic mass is 9.67. The van der Waals surface area contributed by atoms with Crippen LogP contribution in [0.1, 0.15) is 39.0 Å². The van der Waals surface area contributed by atoms with Gasteiger partial charge in [0.15, 0.2) is 0 Å². The minimum absolute atomic E-state index is 0.0342. The normalized spacial score (nSPS) is 29.7. The van der Waals surface area contributed by atoms with Crippen LogP contribution in [0.15, 0.2) is 0 Å². The van der Waals surface area contributed by atoms with Crippen LogP contribution in [0.25, 0.3) is 0 Å². The number of nitrogens with one attached hydrogen (secondary N) is 2. The van der Waals surface area contributed by atoms with Crippen LogP contribution in [0.3, 0.4) is 0 Å². The Kier molecular flexibility index (Phi) is 4.56. The molecule has 0 radical (unpaired) electrons. The lowest BCUT2D eigenvalue weighted by Crippen LogP contribution is -2.45. The zero-order valence-corrected chi connectivity index (χ0v) is 11.4. The number of carbonyl (C=O) groups is 3. The highest BCUT2D eigenvalue weighted by molar-refractivity contribution is 5.90. The van der Waals surface area contributed by atoms with Crippen molar-refractivity contribution in [3.05, 3.63) is 0 Å². The molecule has 1 unspecified atom stereocenters. The second-order valence-electron chi connectivity index (χ2n) is 5.57. The molecule has 0 aromatic rings. The molecule has 2 N–H and O–H groups in total. The number of hydrogen-bond acceptors (Lipinski definition) is 3. The number of rotatable bonds is 4. The number of amides is 2. The smallest absolute Gasteiger partial charge is 0.239 e. The molecule has 0 spiro atoms. The zero-order chi connectivity index (χ0) is 13.8. The Hall–Kier alpha value is -1.39. The fourth-order valence-electron chi connectivity index (χ4n) is 3.27. The van der Waals surface area contributed by atoms with E-state index in [0.29, 0.717) is 25.2 Å². The number of hydrogen-bond donors (Lipinski definition) is 2. The topological polar surface area (TPSA) is 75.3 Å². The van der Waals surface area contributed by atoms with Crippen molar-refractivity contribution in [1.29, 1.82) is 0 Å². The molecule has 2 rings (SSSR count). The van der Waals surface area contributed by atoms with Crippen LogP contribution in [0, 0.1) is 17.8 Å². The molecule has 106 valence electrons. The molecule has 0 aliphatic heterocycles. The summed E-state index contributed by atoms with van der Waals surface area (Å²) in [6.07, 6.45) is 4.28. The second kappa shape index (κ2) is 6.17. The molecule has 19 heavy (non-hydrogen) atoms. The van der Waals surface area contributed by atoms with Crippen molar-refractivity contribution in [2.24, 2.45) is 17.8 Å². The molecule has 0 heterocycles. The van der Waals surface area contributed by atoms with Crippen molar-refractivity contribution < 1.29 is 14.4 Å².